The van der Waals surface area contributed by atoms with E-state index in [-0.39, 0.29) is 16.9 Å². The third-order valence-electron chi connectivity index (χ3n) is 1.70. The van der Waals surface area contributed by atoms with Gasteiger partial charge in [-0.05, 0) is 13.8 Å². The fourth-order valence-electron chi connectivity index (χ4n) is 1.01. The molecule has 0 saturated carbocycles. The molecule has 0 aromatic carbocycles. The molecule has 0 aliphatic rings. The number of nitrogens with zero attached hydrogens (tertiary/aromatic N) is 2. The second kappa shape index (κ2) is 3.38. The molecule has 0 radical (unpaired) electrons. The van der Waals surface area contributed by atoms with E-state index in [0.717, 1.165) is 0 Å². The summed E-state index contributed by atoms with van der Waals surface area (Å²) in [5.74, 6) is -1.12. The summed E-state index contributed by atoms with van der Waals surface area (Å²) < 4.78 is 1.33. The minimum Gasteiger partial charge on any atom is -0.476 e. The zero-order valence-electron chi connectivity index (χ0n) is 7.44. The quantitative estimate of drug-likeness (QED) is 0.712. The van der Waals surface area contributed by atoms with Crippen LogP contribution < -0.4 is 5.56 Å². The van der Waals surface area contributed by atoms with E-state index in [1.807, 2.05) is 0 Å². The number of aromatic carboxylic acids is 1. The lowest BCUT2D eigenvalue weighted by atomic mass is 10.4. The van der Waals surface area contributed by atoms with Gasteiger partial charge in [-0.2, -0.15) is 0 Å². The Bertz CT molecular complexity index is 395. The Morgan fingerprint density at radius 3 is 2.77 bits per heavy atom. The summed E-state index contributed by atoms with van der Waals surface area (Å²) in [5, 5.41) is 8.64. The first-order chi connectivity index (χ1) is 6.06. The molecule has 0 saturated heterocycles. The van der Waals surface area contributed by atoms with Gasteiger partial charge >= 0.3 is 5.97 Å². The Morgan fingerprint density at radius 2 is 2.31 bits per heavy atom. The zero-order valence-corrected chi connectivity index (χ0v) is 7.44. The summed E-state index contributed by atoms with van der Waals surface area (Å²) in [5.41, 5.74) is -0.131. The Hall–Kier alpha value is -1.65. The second-order valence-electron chi connectivity index (χ2n) is 2.61. The molecule has 0 aliphatic carbocycles. The number of aryl methyl sites for hydroxylation is 2. The maximum atomic E-state index is 11.3. The molecule has 0 unspecified atom stereocenters. The first kappa shape index (κ1) is 9.44. The molecule has 5 nitrogen and oxygen atoms in total. The van der Waals surface area contributed by atoms with E-state index in [4.69, 9.17) is 5.11 Å². The van der Waals surface area contributed by atoms with Crippen molar-refractivity contribution in [1.82, 2.24) is 9.55 Å². The van der Waals surface area contributed by atoms with E-state index >= 15 is 0 Å². The van der Waals surface area contributed by atoms with Crippen LogP contribution in [0.25, 0.3) is 0 Å². The third kappa shape index (κ3) is 1.74. The second-order valence-corrected chi connectivity index (χ2v) is 2.61. The van der Waals surface area contributed by atoms with Crippen molar-refractivity contribution in [2.45, 2.75) is 20.4 Å². The van der Waals surface area contributed by atoms with Crippen LogP contribution in [0.5, 0.6) is 0 Å². The van der Waals surface area contributed by atoms with Crippen molar-refractivity contribution in [1.29, 1.82) is 0 Å². The van der Waals surface area contributed by atoms with Crippen LogP contribution in [0.15, 0.2) is 11.0 Å². The summed E-state index contributed by atoms with van der Waals surface area (Å²) in [6, 6.07) is 0. The molecule has 13 heavy (non-hydrogen) atoms. The Morgan fingerprint density at radius 1 is 1.69 bits per heavy atom. The Labute approximate surface area is 74.7 Å². The predicted octanol–water partition coefficient (Wildman–Crippen LogP) is 0.270. The molecule has 5 heteroatoms. The number of aromatic nitrogens is 2. The van der Waals surface area contributed by atoms with Crippen LogP contribution in [0.4, 0.5) is 0 Å². The molecule has 0 amide bonds. The fourth-order valence-corrected chi connectivity index (χ4v) is 1.01. The lowest BCUT2D eigenvalue weighted by Gasteiger charge is -2.03. The summed E-state index contributed by atoms with van der Waals surface area (Å²) >= 11 is 0. The number of carbonyl (C=O) groups is 1. The topological polar surface area (TPSA) is 72.2 Å². The van der Waals surface area contributed by atoms with E-state index < -0.39 is 5.97 Å². The van der Waals surface area contributed by atoms with Crippen molar-refractivity contribution in [3.8, 4) is 0 Å². The van der Waals surface area contributed by atoms with Gasteiger partial charge in [0.25, 0.3) is 5.56 Å². The van der Waals surface area contributed by atoms with Gasteiger partial charge in [-0.25, -0.2) is 9.78 Å². The average Bonchev–Trinajstić information content (AvgIpc) is 2.09. The van der Waals surface area contributed by atoms with Gasteiger partial charge in [-0.1, -0.05) is 0 Å². The van der Waals surface area contributed by atoms with Crippen molar-refractivity contribution in [3.05, 3.63) is 27.9 Å². The predicted molar refractivity (Wildman–Crippen MR) is 45.9 cm³/mol. The van der Waals surface area contributed by atoms with Gasteiger partial charge in [-0.15, -0.1) is 0 Å². The molecule has 0 bridgehead atoms. The van der Waals surface area contributed by atoms with Gasteiger partial charge < -0.3 is 9.67 Å². The van der Waals surface area contributed by atoms with Crippen molar-refractivity contribution in [2.75, 3.05) is 0 Å². The summed E-state index contributed by atoms with van der Waals surface area (Å²) in [4.78, 5) is 25.5. The number of hydrogen-bond donors (Lipinski definition) is 1. The Kier molecular flexibility index (Phi) is 2.46. The van der Waals surface area contributed by atoms with Crippen molar-refractivity contribution < 1.29 is 9.90 Å². The van der Waals surface area contributed by atoms with E-state index in [1.54, 1.807) is 6.92 Å². The number of hydrogen-bond acceptors (Lipinski definition) is 3. The van der Waals surface area contributed by atoms with E-state index in [0.29, 0.717) is 6.54 Å². The van der Waals surface area contributed by atoms with Crippen LogP contribution in [0.1, 0.15) is 23.1 Å². The van der Waals surface area contributed by atoms with Gasteiger partial charge in [0.05, 0.1) is 0 Å². The minimum absolute atomic E-state index is 0.0982. The molecule has 0 aliphatic heterocycles. The van der Waals surface area contributed by atoms with Crippen LogP contribution in [0.3, 0.4) is 0 Å². The molecule has 0 spiro atoms. The average molecular weight is 182 g/mol. The smallest absolute Gasteiger partial charge is 0.356 e. The monoisotopic (exact) mass is 182 g/mol. The lowest BCUT2D eigenvalue weighted by molar-refractivity contribution is 0.0689. The maximum Gasteiger partial charge on any atom is 0.356 e. The first-order valence-corrected chi connectivity index (χ1v) is 3.87. The first-order valence-electron chi connectivity index (χ1n) is 3.87. The van der Waals surface area contributed by atoms with Crippen molar-refractivity contribution in [2.24, 2.45) is 0 Å². The minimum atomic E-state index is -1.12. The molecular weight excluding hydrogens is 172 g/mol. The number of carboxylic acids is 1. The van der Waals surface area contributed by atoms with Crippen LogP contribution in [0.2, 0.25) is 0 Å². The SMILES string of the molecule is CCn1cc(C(=O)O)nc(C)c1=O. The van der Waals surface area contributed by atoms with Gasteiger partial charge in [0.1, 0.15) is 5.69 Å². The van der Waals surface area contributed by atoms with Crippen LogP contribution in [0, 0.1) is 6.92 Å². The third-order valence-corrected chi connectivity index (χ3v) is 1.70. The summed E-state index contributed by atoms with van der Waals surface area (Å²) in [6.45, 7) is 3.72. The number of rotatable bonds is 2. The molecular formula is C8H10N2O3. The highest BCUT2D eigenvalue weighted by atomic mass is 16.4. The van der Waals surface area contributed by atoms with E-state index in [1.165, 1.54) is 17.7 Å². The highest BCUT2D eigenvalue weighted by Gasteiger charge is 2.08. The zero-order chi connectivity index (χ0) is 10.0. The van der Waals surface area contributed by atoms with Gasteiger partial charge in [0, 0.05) is 12.7 Å². The van der Waals surface area contributed by atoms with Gasteiger partial charge in [0.15, 0.2) is 5.69 Å². The molecule has 70 valence electrons. The molecule has 1 rings (SSSR count). The highest BCUT2D eigenvalue weighted by molar-refractivity contribution is 5.84. The van der Waals surface area contributed by atoms with E-state index in [2.05, 4.69) is 4.98 Å². The standard InChI is InChI=1S/C8H10N2O3/c1-3-10-4-6(8(12)13)9-5(2)7(10)11/h4H,3H2,1-2H3,(H,12,13). The summed E-state index contributed by atoms with van der Waals surface area (Å²) in [7, 11) is 0. The van der Waals surface area contributed by atoms with Crippen LogP contribution in [-0.2, 0) is 6.54 Å². The molecule has 1 aromatic heterocycles. The number of carboxylic acid groups (broad SMARTS) is 1. The van der Waals surface area contributed by atoms with Gasteiger partial charge in [-0.3, -0.25) is 4.79 Å². The van der Waals surface area contributed by atoms with Crippen molar-refractivity contribution >= 4 is 5.97 Å². The normalized spacial score (nSPS) is 10.0. The largest absolute Gasteiger partial charge is 0.476 e. The van der Waals surface area contributed by atoms with Gasteiger partial charge in [0.2, 0.25) is 0 Å². The lowest BCUT2D eigenvalue weighted by Crippen LogP contribution is -2.24. The molecule has 1 N–H and O–H groups in total. The summed E-state index contributed by atoms with van der Waals surface area (Å²) in [6.07, 6.45) is 1.25. The fraction of sp³-hybridized carbons (Fsp3) is 0.375. The maximum absolute atomic E-state index is 11.3. The highest BCUT2D eigenvalue weighted by Crippen LogP contribution is 1.93. The molecule has 1 heterocycles. The van der Waals surface area contributed by atoms with Crippen molar-refractivity contribution in [3.63, 3.8) is 0 Å². The molecule has 0 atom stereocenters. The van der Waals surface area contributed by atoms with Crippen LogP contribution >= 0.6 is 0 Å². The molecule has 0 fully saturated rings. The molecule has 1 aromatic rings. The van der Waals surface area contributed by atoms with E-state index in [9.17, 15) is 9.59 Å². The Balaban J connectivity index is 3.39. The van der Waals surface area contributed by atoms with Crippen LogP contribution in [-0.4, -0.2) is 20.6 Å².